The van der Waals surface area contributed by atoms with Gasteiger partial charge in [-0.05, 0) is 35.6 Å². The summed E-state index contributed by atoms with van der Waals surface area (Å²) in [5.41, 5.74) is 2.78. The first kappa shape index (κ1) is 24.1. The molecule has 1 N–H and O–H groups in total. The zero-order chi connectivity index (χ0) is 23.1. The van der Waals surface area contributed by atoms with E-state index in [1.54, 1.807) is 4.90 Å². The molecule has 1 heterocycles. The number of nitrogens with one attached hydrogen (secondary N) is 1. The van der Waals surface area contributed by atoms with Gasteiger partial charge >= 0.3 is 6.09 Å². The third kappa shape index (κ3) is 6.23. The number of hydrogen-bond donors (Lipinski definition) is 1. The van der Waals surface area contributed by atoms with Crippen LogP contribution in [0.4, 0.5) is 10.5 Å². The number of carbonyl (C=O) groups excluding carboxylic acids is 1. The van der Waals surface area contributed by atoms with Gasteiger partial charge in [-0.2, -0.15) is 0 Å². The van der Waals surface area contributed by atoms with Crippen LogP contribution in [0.15, 0.2) is 54.6 Å². The molecule has 1 unspecified atom stereocenters. The predicted molar refractivity (Wildman–Crippen MR) is 127 cm³/mol. The van der Waals surface area contributed by atoms with Gasteiger partial charge in [0, 0.05) is 38.4 Å². The van der Waals surface area contributed by atoms with Crippen LogP contribution < -0.4 is 9.62 Å². The Hall–Kier alpha value is -2.58. The number of hydrogen-bond acceptors (Lipinski definition) is 5. The molecular weight excluding hydrogens is 426 g/mol. The standard InChI is InChI=1S/C24H33N3O4S/c1-19(2)17-23(21-7-5-4-6-8-21)32(29,30)25-18-20-9-11-22(12-10-20)26-13-15-27(16-14-26)24(28)31-3/h4-12,19,23,25H,13-18H2,1-3H3. The molecule has 1 aliphatic heterocycles. The molecule has 1 saturated heterocycles. The summed E-state index contributed by atoms with van der Waals surface area (Å²) in [6.45, 7) is 7.02. The first-order chi connectivity index (χ1) is 15.3. The molecule has 1 aliphatic rings. The second-order valence-corrected chi connectivity index (χ2v) is 10.5. The van der Waals surface area contributed by atoms with Crippen LogP contribution in [0.25, 0.3) is 0 Å². The van der Waals surface area contributed by atoms with E-state index in [2.05, 4.69) is 9.62 Å². The Labute approximate surface area is 191 Å². The highest BCUT2D eigenvalue weighted by molar-refractivity contribution is 7.89. The fourth-order valence-corrected chi connectivity index (χ4v) is 5.65. The molecule has 2 aromatic carbocycles. The van der Waals surface area contributed by atoms with Crippen molar-refractivity contribution in [3.8, 4) is 0 Å². The summed E-state index contributed by atoms with van der Waals surface area (Å²) in [4.78, 5) is 15.5. The number of benzene rings is 2. The molecule has 3 rings (SSSR count). The van der Waals surface area contributed by atoms with Crippen molar-refractivity contribution in [1.29, 1.82) is 0 Å². The van der Waals surface area contributed by atoms with Crippen molar-refractivity contribution in [2.75, 3.05) is 38.2 Å². The number of ether oxygens (including phenoxy) is 1. The van der Waals surface area contributed by atoms with E-state index in [-0.39, 0.29) is 18.6 Å². The number of nitrogens with zero attached hydrogens (tertiary/aromatic N) is 2. The molecule has 0 aromatic heterocycles. The molecule has 0 spiro atoms. The maximum absolute atomic E-state index is 13.1. The Balaban J connectivity index is 1.61. The van der Waals surface area contributed by atoms with Crippen LogP contribution in [0, 0.1) is 5.92 Å². The number of amides is 1. The molecule has 1 atom stereocenters. The van der Waals surface area contributed by atoms with Crippen LogP contribution in [0.1, 0.15) is 36.6 Å². The zero-order valence-corrected chi connectivity index (χ0v) is 19.8. The quantitative estimate of drug-likeness (QED) is 0.650. The highest BCUT2D eigenvalue weighted by Crippen LogP contribution is 2.29. The summed E-state index contributed by atoms with van der Waals surface area (Å²) in [6, 6.07) is 17.3. The molecule has 8 heteroatoms. The molecule has 0 bridgehead atoms. The maximum atomic E-state index is 13.1. The van der Waals surface area contributed by atoms with Gasteiger partial charge < -0.3 is 14.5 Å². The van der Waals surface area contributed by atoms with Crippen molar-refractivity contribution >= 4 is 21.8 Å². The van der Waals surface area contributed by atoms with Crippen molar-refractivity contribution in [2.45, 2.75) is 32.1 Å². The van der Waals surface area contributed by atoms with Gasteiger partial charge in [-0.1, -0.05) is 56.3 Å². The third-order valence-electron chi connectivity index (χ3n) is 5.72. The van der Waals surface area contributed by atoms with E-state index in [0.717, 1.165) is 29.9 Å². The van der Waals surface area contributed by atoms with Crippen LogP contribution >= 0.6 is 0 Å². The van der Waals surface area contributed by atoms with Gasteiger partial charge in [0.1, 0.15) is 5.25 Å². The fourth-order valence-electron chi connectivity index (χ4n) is 3.92. The summed E-state index contributed by atoms with van der Waals surface area (Å²) >= 11 is 0. The van der Waals surface area contributed by atoms with Crippen LogP contribution in [0.2, 0.25) is 0 Å². The average Bonchev–Trinajstić information content (AvgIpc) is 2.81. The number of methoxy groups -OCH3 is 1. The molecule has 0 aliphatic carbocycles. The zero-order valence-electron chi connectivity index (χ0n) is 19.0. The van der Waals surface area contributed by atoms with E-state index in [9.17, 15) is 13.2 Å². The molecule has 2 aromatic rings. The van der Waals surface area contributed by atoms with Gasteiger partial charge in [-0.15, -0.1) is 0 Å². The lowest BCUT2D eigenvalue weighted by atomic mass is 10.0. The Bertz CT molecular complexity index is 970. The molecular formula is C24H33N3O4S. The minimum absolute atomic E-state index is 0.250. The number of piperazine rings is 1. The minimum atomic E-state index is -3.53. The first-order valence-corrected chi connectivity index (χ1v) is 12.5. The predicted octanol–water partition coefficient (Wildman–Crippen LogP) is 3.78. The van der Waals surface area contributed by atoms with Crippen LogP contribution in [0.5, 0.6) is 0 Å². The van der Waals surface area contributed by atoms with Crippen LogP contribution in [0.3, 0.4) is 0 Å². The van der Waals surface area contributed by atoms with E-state index in [1.165, 1.54) is 7.11 Å². The Morgan fingerprint density at radius 3 is 2.19 bits per heavy atom. The second kappa shape index (κ2) is 10.8. The lowest BCUT2D eigenvalue weighted by molar-refractivity contribution is 0.121. The summed E-state index contributed by atoms with van der Waals surface area (Å²) in [5.74, 6) is 0.260. The summed E-state index contributed by atoms with van der Waals surface area (Å²) in [7, 11) is -2.13. The Kier molecular flexibility index (Phi) is 8.15. The maximum Gasteiger partial charge on any atom is 0.409 e. The van der Waals surface area contributed by atoms with Gasteiger partial charge in [0.25, 0.3) is 0 Å². The normalized spacial score (nSPS) is 15.6. The smallest absolute Gasteiger partial charge is 0.409 e. The minimum Gasteiger partial charge on any atom is -0.453 e. The number of carbonyl (C=O) groups is 1. The molecule has 32 heavy (non-hydrogen) atoms. The van der Waals surface area contributed by atoms with Crippen molar-refractivity contribution in [3.05, 3.63) is 65.7 Å². The van der Waals surface area contributed by atoms with E-state index >= 15 is 0 Å². The van der Waals surface area contributed by atoms with Crippen molar-refractivity contribution in [3.63, 3.8) is 0 Å². The lowest BCUT2D eigenvalue weighted by Gasteiger charge is -2.35. The van der Waals surface area contributed by atoms with Crippen molar-refractivity contribution in [2.24, 2.45) is 5.92 Å². The summed E-state index contributed by atoms with van der Waals surface area (Å²) < 4.78 is 33.8. The fraction of sp³-hybridized carbons (Fsp3) is 0.458. The highest BCUT2D eigenvalue weighted by atomic mass is 32.2. The summed E-state index contributed by atoms with van der Waals surface area (Å²) in [5, 5.41) is -0.575. The van der Waals surface area contributed by atoms with Crippen molar-refractivity contribution < 1.29 is 17.9 Å². The number of rotatable bonds is 8. The van der Waals surface area contributed by atoms with E-state index < -0.39 is 15.3 Å². The van der Waals surface area contributed by atoms with E-state index in [0.29, 0.717) is 19.5 Å². The van der Waals surface area contributed by atoms with E-state index in [1.807, 2.05) is 68.4 Å². The van der Waals surface area contributed by atoms with Gasteiger partial charge in [0.05, 0.1) is 7.11 Å². The molecule has 1 amide bonds. The third-order valence-corrected chi connectivity index (χ3v) is 7.48. The van der Waals surface area contributed by atoms with Gasteiger partial charge in [-0.3, -0.25) is 0 Å². The van der Waals surface area contributed by atoms with E-state index in [4.69, 9.17) is 4.74 Å². The lowest BCUT2D eigenvalue weighted by Crippen LogP contribution is -2.48. The molecule has 7 nitrogen and oxygen atoms in total. The highest BCUT2D eigenvalue weighted by Gasteiger charge is 2.27. The van der Waals surface area contributed by atoms with Gasteiger partial charge in [-0.25, -0.2) is 17.9 Å². The average molecular weight is 460 g/mol. The summed E-state index contributed by atoms with van der Waals surface area (Å²) in [6.07, 6.45) is 0.272. The van der Waals surface area contributed by atoms with Crippen LogP contribution in [-0.4, -0.2) is 52.7 Å². The van der Waals surface area contributed by atoms with Crippen molar-refractivity contribution in [1.82, 2.24) is 9.62 Å². The molecule has 0 radical (unpaired) electrons. The number of sulfonamides is 1. The van der Waals surface area contributed by atoms with Gasteiger partial charge in [0.15, 0.2) is 0 Å². The SMILES string of the molecule is COC(=O)N1CCN(c2ccc(CNS(=O)(=O)C(CC(C)C)c3ccccc3)cc2)CC1. The second-order valence-electron chi connectivity index (χ2n) is 8.51. The topological polar surface area (TPSA) is 79.0 Å². The Morgan fingerprint density at radius 2 is 1.62 bits per heavy atom. The molecule has 174 valence electrons. The number of anilines is 1. The Morgan fingerprint density at radius 1 is 1.00 bits per heavy atom. The molecule has 0 saturated carbocycles. The largest absolute Gasteiger partial charge is 0.453 e. The monoisotopic (exact) mass is 459 g/mol. The first-order valence-electron chi connectivity index (χ1n) is 11.0. The molecule has 1 fully saturated rings. The van der Waals surface area contributed by atoms with Crippen LogP contribution in [-0.2, 0) is 21.3 Å². The van der Waals surface area contributed by atoms with Gasteiger partial charge in [0.2, 0.25) is 10.0 Å².